The third-order valence-electron chi connectivity index (χ3n) is 2.50. The number of ether oxygens (including phenoxy) is 1. The monoisotopic (exact) mass is 262 g/mol. The normalized spacial score (nSPS) is 12.1. The molecule has 0 radical (unpaired) electrons. The molecular weight excluding hydrogens is 248 g/mol. The van der Waals surface area contributed by atoms with Gasteiger partial charge in [0.2, 0.25) is 5.82 Å². The number of pyridine rings is 1. The van der Waals surface area contributed by atoms with Gasteiger partial charge >= 0.3 is 6.09 Å². The molecule has 0 aliphatic rings. The summed E-state index contributed by atoms with van der Waals surface area (Å²) in [6.45, 7) is 3.70. The van der Waals surface area contributed by atoms with Crippen molar-refractivity contribution in [2.45, 2.75) is 26.4 Å². The van der Waals surface area contributed by atoms with Gasteiger partial charge in [-0.25, -0.2) is 4.79 Å². The van der Waals surface area contributed by atoms with Crippen molar-refractivity contribution in [3.8, 4) is 11.4 Å². The molecule has 7 nitrogen and oxygen atoms in total. The van der Waals surface area contributed by atoms with Gasteiger partial charge < -0.3 is 15.0 Å². The quantitative estimate of drug-likeness (QED) is 0.903. The molecule has 0 bridgehead atoms. The van der Waals surface area contributed by atoms with Crippen molar-refractivity contribution in [1.82, 2.24) is 15.1 Å². The minimum Gasteiger partial charge on any atom is -0.436 e. The number of amides is 1. The van der Waals surface area contributed by atoms with Gasteiger partial charge in [-0.05, 0) is 25.5 Å². The number of carbonyl (C=O) groups is 1. The van der Waals surface area contributed by atoms with Crippen LogP contribution in [0.25, 0.3) is 11.4 Å². The van der Waals surface area contributed by atoms with Crippen molar-refractivity contribution < 1.29 is 14.1 Å². The molecule has 0 saturated carbocycles. The molecule has 2 N–H and O–H groups in total. The second kappa shape index (κ2) is 5.47. The van der Waals surface area contributed by atoms with E-state index in [1.807, 2.05) is 19.9 Å². The van der Waals surface area contributed by atoms with Gasteiger partial charge in [0.25, 0.3) is 5.89 Å². The second-order valence-electron chi connectivity index (χ2n) is 3.98. The number of hydrogen-bond acceptors (Lipinski definition) is 6. The largest absolute Gasteiger partial charge is 0.436 e. The topological polar surface area (TPSA) is 104 Å². The molecule has 2 aromatic heterocycles. The molecule has 7 heteroatoms. The van der Waals surface area contributed by atoms with E-state index in [0.29, 0.717) is 12.2 Å². The van der Waals surface area contributed by atoms with Crippen LogP contribution < -0.4 is 5.73 Å². The van der Waals surface area contributed by atoms with E-state index in [0.717, 1.165) is 11.3 Å². The molecule has 0 aliphatic heterocycles. The van der Waals surface area contributed by atoms with E-state index in [1.54, 1.807) is 12.3 Å². The minimum absolute atomic E-state index is 0.228. The number of nitrogens with two attached hydrogens (primary N) is 1. The van der Waals surface area contributed by atoms with Crippen molar-refractivity contribution in [3.63, 3.8) is 0 Å². The van der Waals surface area contributed by atoms with Crippen LogP contribution in [0.4, 0.5) is 4.79 Å². The van der Waals surface area contributed by atoms with Crippen molar-refractivity contribution in [3.05, 3.63) is 29.9 Å². The van der Waals surface area contributed by atoms with Gasteiger partial charge in [0, 0.05) is 17.5 Å². The van der Waals surface area contributed by atoms with E-state index in [1.165, 1.54) is 0 Å². The number of aryl methyl sites for hydroxylation is 1. The lowest BCUT2D eigenvalue weighted by molar-refractivity contribution is 0.0825. The molecule has 1 amide bonds. The Hall–Kier alpha value is -2.44. The van der Waals surface area contributed by atoms with Crippen LogP contribution in [0.5, 0.6) is 0 Å². The average molecular weight is 262 g/mol. The summed E-state index contributed by atoms with van der Waals surface area (Å²) in [5.74, 6) is 0.651. The van der Waals surface area contributed by atoms with Crippen LogP contribution in [0, 0.1) is 6.92 Å². The van der Waals surface area contributed by atoms with Gasteiger partial charge in [-0.3, -0.25) is 4.98 Å². The molecule has 1 atom stereocenters. The van der Waals surface area contributed by atoms with Crippen molar-refractivity contribution in [2.75, 3.05) is 0 Å². The maximum absolute atomic E-state index is 10.8. The van der Waals surface area contributed by atoms with Crippen LogP contribution in [-0.2, 0) is 4.74 Å². The summed E-state index contributed by atoms with van der Waals surface area (Å²) in [5.41, 5.74) is 6.62. The van der Waals surface area contributed by atoms with Crippen LogP contribution in [0.15, 0.2) is 22.9 Å². The Morgan fingerprint density at radius 2 is 2.37 bits per heavy atom. The van der Waals surface area contributed by atoms with Gasteiger partial charge in [0.05, 0.1) is 0 Å². The number of primary amides is 1. The first kappa shape index (κ1) is 13.0. The van der Waals surface area contributed by atoms with E-state index in [4.69, 9.17) is 15.0 Å². The lowest BCUT2D eigenvalue weighted by Crippen LogP contribution is -2.17. The standard InChI is InChI=1S/C12H14N4O3/c1-3-9(18-12(13)17)11-15-10(16-19-11)8-4-5-14-7(2)6-8/h4-6,9H,3H2,1-2H3,(H2,13,17)/t9-/m0/s1. The van der Waals surface area contributed by atoms with Gasteiger partial charge in [0.15, 0.2) is 6.10 Å². The molecule has 2 rings (SSSR count). The number of carbonyl (C=O) groups excluding carboxylic acids is 1. The smallest absolute Gasteiger partial charge is 0.405 e. The second-order valence-corrected chi connectivity index (χ2v) is 3.98. The minimum atomic E-state index is -0.869. The van der Waals surface area contributed by atoms with E-state index in [9.17, 15) is 4.79 Å². The Balaban J connectivity index is 2.25. The fraction of sp³-hybridized carbons (Fsp3) is 0.333. The van der Waals surface area contributed by atoms with Crippen LogP contribution >= 0.6 is 0 Å². The zero-order valence-corrected chi connectivity index (χ0v) is 10.7. The summed E-state index contributed by atoms with van der Waals surface area (Å²) in [6.07, 6.45) is 0.672. The van der Waals surface area contributed by atoms with Crippen LogP contribution in [-0.4, -0.2) is 21.2 Å². The molecule has 100 valence electrons. The predicted molar refractivity (Wildman–Crippen MR) is 66.0 cm³/mol. The molecule has 0 aromatic carbocycles. The van der Waals surface area contributed by atoms with Gasteiger partial charge in [-0.1, -0.05) is 12.1 Å². The maximum atomic E-state index is 10.8. The predicted octanol–water partition coefficient (Wildman–Crippen LogP) is 1.99. The highest BCUT2D eigenvalue weighted by molar-refractivity contribution is 5.64. The zero-order chi connectivity index (χ0) is 13.8. The summed E-state index contributed by atoms with van der Waals surface area (Å²) in [6, 6.07) is 3.61. The Labute approximate surface area is 109 Å². The van der Waals surface area contributed by atoms with Gasteiger partial charge in [-0.15, -0.1) is 0 Å². The molecule has 0 unspecified atom stereocenters. The van der Waals surface area contributed by atoms with E-state index in [2.05, 4.69) is 15.1 Å². The van der Waals surface area contributed by atoms with E-state index >= 15 is 0 Å². The Bertz CT molecular complexity index is 582. The van der Waals surface area contributed by atoms with Crippen molar-refractivity contribution in [2.24, 2.45) is 5.73 Å². The number of aromatic nitrogens is 3. The van der Waals surface area contributed by atoms with Crippen LogP contribution in [0.1, 0.15) is 31.0 Å². The number of nitrogens with zero attached hydrogens (tertiary/aromatic N) is 3. The molecular formula is C12H14N4O3. The fourth-order valence-electron chi connectivity index (χ4n) is 1.62. The summed E-state index contributed by atoms with van der Waals surface area (Å²) < 4.78 is 9.99. The highest BCUT2D eigenvalue weighted by Gasteiger charge is 2.21. The average Bonchev–Trinajstić information content (AvgIpc) is 2.85. The highest BCUT2D eigenvalue weighted by atomic mass is 16.6. The van der Waals surface area contributed by atoms with E-state index < -0.39 is 12.2 Å². The third-order valence-corrected chi connectivity index (χ3v) is 2.50. The molecule has 2 aromatic rings. The highest BCUT2D eigenvalue weighted by Crippen LogP contribution is 2.22. The number of hydrogen-bond donors (Lipinski definition) is 1. The number of rotatable bonds is 4. The third kappa shape index (κ3) is 3.06. The molecule has 0 spiro atoms. The Morgan fingerprint density at radius 3 is 3.00 bits per heavy atom. The van der Waals surface area contributed by atoms with Crippen LogP contribution in [0.3, 0.4) is 0 Å². The maximum Gasteiger partial charge on any atom is 0.405 e. The molecule has 0 saturated heterocycles. The van der Waals surface area contributed by atoms with Gasteiger partial charge in [0.1, 0.15) is 0 Å². The first-order valence-electron chi connectivity index (χ1n) is 5.83. The van der Waals surface area contributed by atoms with Crippen LogP contribution in [0.2, 0.25) is 0 Å². The molecule has 2 heterocycles. The summed E-state index contributed by atoms with van der Waals surface area (Å²) in [5, 5.41) is 3.86. The molecule has 0 aliphatic carbocycles. The summed E-state index contributed by atoms with van der Waals surface area (Å²) >= 11 is 0. The lowest BCUT2D eigenvalue weighted by atomic mass is 10.2. The molecule has 0 fully saturated rings. The first-order chi connectivity index (χ1) is 9.10. The van der Waals surface area contributed by atoms with E-state index in [-0.39, 0.29) is 5.89 Å². The Morgan fingerprint density at radius 1 is 1.58 bits per heavy atom. The summed E-state index contributed by atoms with van der Waals surface area (Å²) in [7, 11) is 0. The van der Waals surface area contributed by atoms with Crippen molar-refractivity contribution >= 4 is 6.09 Å². The lowest BCUT2D eigenvalue weighted by Gasteiger charge is -2.08. The van der Waals surface area contributed by atoms with Crippen molar-refractivity contribution in [1.29, 1.82) is 0 Å². The molecule has 19 heavy (non-hydrogen) atoms. The SMILES string of the molecule is CC[C@H](OC(N)=O)c1nc(-c2ccnc(C)c2)no1. The fourth-order valence-corrected chi connectivity index (χ4v) is 1.62. The Kier molecular flexibility index (Phi) is 3.74. The first-order valence-corrected chi connectivity index (χ1v) is 5.83. The summed E-state index contributed by atoms with van der Waals surface area (Å²) in [4.78, 5) is 19.1. The van der Waals surface area contributed by atoms with Gasteiger partial charge in [-0.2, -0.15) is 4.98 Å². The zero-order valence-electron chi connectivity index (χ0n) is 10.7.